The van der Waals surface area contributed by atoms with E-state index in [1.807, 2.05) is 24.3 Å². The fourth-order valence-corrected chi connectivity index (χ4v) is 4.16. The van der Waals surface area contributed by atoms with Crippen LogP contribution in [-0.2, 0) is 14.3 Å². The Morgan fingerprint density at radius 1 is 0.756 bits per heavy atom. The molecule has 2 heterocycles. The van der Waals surface area contributed by atoms with Crippen LogP contribution in [0.1, 0.15) is 27.1 Å². The Morgan fingerprint density at radius 3 is 2.20 bits per heavy atom. The van der Waals surface area contributed by atoms with Gasteiger partial charge in [0.05, 0.1) is 56.6 Å². The molecule has 0 bridgehead atoms. The topological polar surface area (TPSA) is 161 Å². The Hall–Kier alpha value is -5.17. The fraction of sp³-hybridized carbons (Fsp3) is 0.242. The molecule has 0 aliphatic heterocycles. The van der Waals surface area contributed by atoms with Crippen molar-refractivity contribution < 1.29 is 23.9 Å². The van der Waals surface area contributed by atoms with Crippen molar-refractivity contribution in [1.29, 1.82) is 0 Å². The summed E-state index contributed by atoms with van der Waals surface area (Å²) in [4.78, 5) is 47.6. The summed E-state index contributed by atoms with van der Waals surface area (Å²) in [6, 6.07) is 19.5. The molecule has 12 nitrogen and oxygen atoms in total. The number of nitrogens with zero attached hydrogens (tertiary/aromatic N) is 3. The second kappa shape index (κ2) is 16.6. The number of hydrogen-bond acceptors (Lipinski definition) is 9. The Balaban J connectivity index is 1.29. The zero-order valence-corrected chi connectivity index (χ0v) is 25.3. The number of carbonyl (C=O) groups is 3. The van der Waals surface area contributed by atoms with E-state index >= 15 is 0 Å². The summed E-state index contributed by atoms with van der Waals surface area (Å²) in [6.07, 6.45) is 5.07. The van der Waals surface area contributed by atoms with E-state index in [9.17, 15) is 14.4 Å². The Morgan fingerprint density at radius 2 is 1.49 bits per heavy atom. The van der Waals surface area contributed by atoms with Crippen molar-refractivity contribution in [3.63, 3.8) is 0 Å². The highest BCUT2D eigenvalue weighted by atomic mass is 16.5. The van der Waals surface area contributed by atoms with Crippen LogP contribution in [0.25, 0.3) is 11.1 Å². The molecule has 0 spiro atoms. The first-order chi connectivity index (χ1) is 21.8. The third kappa shape index (κ3) is 10.2. The number of anilines is 4. The van der Waals surface area contributed by atoms with Crippen LogP contribution < -0.4 is 21.7 Å². The van der Waals surface area contributed by atoms with Crippen molar-refractivity contribution in [3.8, 4) is 11.1 Å². The smallest absolute Gasteiger partial charge is 0.255 e. The summed E-state index contributed by atoms with van der Waals surface area (Å²) < 4.78 is 10.6. The molecule has 12 heteroatoms. The first-order valence-electron chi connectivity index (χ1n) is 14.4. The number of pyridine rings is 2. The predicted molar refractivity (Wildman–Crippen MR) is 174 cm³/mol. The molecule has 0 saturated heterocycles. The SMILES string of the molecule is CN(C)C(=O)c1ccc(-c2ccc(Nc3cncc(NC(=O)c4cccc(NC(=O)CCOCCOCCN)c4)c3)nc2)cc1. The van der Waals surface area contributed by atoms with Gasteiger partial charge >= 0.3 is 0 Å². The van der Waals surface area contributed by atoms with Gasteiger partial charge in [0.15, 0.2) is 0 Å². The normalized spacial score (nSPS) is 10.6. The van der Waals surface area contributed by atoms with Gasteiger partial charge in [-0.2, -0.15) is 0 Å². The van der Waals surface area contributed by atoms with Gasteiger partial charge in [0.2, 0.25) is 5.91 Å². The summed E-state index contributed by atoms with van der Waals surface area (Å²) in [5, 5.41) is 8.81. The number of rotatable bonds is 15. The summed E-state index contributed by atoms with van der Waals surface area (Å²) in [5.41, 5.74) is 9.80. The van der Waals surface area contributed by atoms with Crippen LogP contribution in [-0.4, -0.2) is 79.7 Å². The van der Waals surface area contributed by atoms with Gasteiger partial charge in [-0.25, -0.2) is 4.98 Å². The van der Waals surface area contributed by atoms with E-state index in [1.165, 1.54) is 11.1 Å². The van der Waals surface area contributed by atoms with Crippen LogP contribution in [0, 0.1) is 0 Å². The average molecular weight is 612 g/mol. The Labute approximate surface area is 262 Å². The van der Waals surface area contributed by atoms with Crippen molar-refractivity contribution in [3.05, 3.63) is 96.4 Å². The van der Waals surface area contributed by atoms with Gasteiger partial charge in [0.25, 0.3) is 11.8 Å². The van der Waals surface area contributed by atoms with E-state index in [-0.39, 0.29) is 30.7 Å². The second-order valence-electron chi connectivity index (χ2n) is 10.1. The maximum atomic E-state index is 13.0. The van der Waals surface area contributed by atoms with E-state index in [0.29, 0.717) is 60.4 Å². The van der Waals surface area contributed by atoms with Crippen LogP contribution in [0.5, 0.6) is 0 Å². The number of aromatic nitrogens is 2. The first kappa shape index (κ1) is 32.7. The minimum atomic E-state index is -0.355. The van der Waals surface area contributed by atoms with Gasteiger partial charge in [0.1, 0.15) is 5.82 Å². The van der Waals surface area contributed by atoms with E-state index in [1.54, 1.807) is 69.0 Å². The predicted octanol–water partition coefficient (Wildman–Crippen LogP) is 4.16. The lowest BCUT2D eigenvalue weighted by atomic mass is 10.1. The highest BCUT2D eigenvalue weighted by Crippen LogP contribution is 2.23. The molecule has 0 radical (unpaired) electrons. The molecule has 0 saturated carbocycles. The van der Waals surface area contributed by atoms with Gasteiger partial charge in [-0.05, 0) is 54.1 Å². The summed E-state index contributed by atoms with van der Waals surface area (Å²) in [7, 11) is 3.44. The standard InChI is InChI=1S/C33H37N7O5/c1-40(2)33(43)24-8-6-23(7-9-24)26-10-11-30(36-20-26)37-28-19-29(22-35-21-28)39-32(42)25-4-3-5-27(18-25)38-31(41)12-14-44-16-17-45-15-13-34/h3-11,18-22H,12-17,34H2,1-2H3,(H,36,37)(H,38,41)(H,39,42). The molecular weight excluding hydrogens is 574 g/mol. The summed E-state index contributed by atoms with van der Waals surface area (Å²) in [5.74, 6) is -0.0407. The molecule has 234 valence electrons. The van der Waals surface area contributed by atoms with Crippen molar-refractivity contribution in [2.45, 2.75) is 6.42 Å². The van der Waals surface area contributed by atoms with Crippen LogP contribution in [0.3, 0.4) is 0 Å². The highest BCUT2D eigenvalue weighted by Gasteiger charge is 2.11. The minimum absolute atomic E-state index is 0.0530. The first-order valence-corrected chi connectivity index (χ1v) is 14.4. The molecule has 5 N–H and O–H groups in total. The maximum Gasteiger partial charge on any atom is 0.255 e. The second-order valence-corrected chi connectivity index (χ2v) is 10.1. The van der Waals surface area contributed by atoms with Crippen molar-refractivity contribution in [2.75, 3.05) is 63.0 Å². The summed E-state index contributed by atoms with van der Waals surface area (Å²) >= 11 is 0. The fourth-order valence-electron chi connectivity index (χ4n) is 4.16. The number of nitrogens with one attached hydrogen (secondary N) is 3. The van der Waals surface area contributed by atoms with E-state index in [2.05, 4.69) is 25.9 Å². The number of hydrogen-bond donors (Lipinski definition) is 4. The van der Waals surface area contributed by atoms with Crippen LogP contribution >= 0.6 is 0 Å². The molecule has 0 aliphatic rings. The quantitative estimate of drug-likeness (QED) is 0.145. The molecule has 4 aromatic rings. The number of amides is 3. The number of ether oxygens (including phenoxy) is 2. The van der Waals surface area contributed by atoms with E-state index in [0.717, 1.165) is 11.1 Å². The third-order valence-corrected chi connectivity index (χ3v) is 6.42. The third-order valence-electron chi connectivity index (χ3n) is 6.42. The number of benzene rings is 2. The van der Waals surface area contributed by atoms with Crippen LogP contribution in [0.15, 0.2) is 85.3 Å². The van der Waals surface area contributed by atoms with Crippen LogP contribution in [0.2, 0.25) is 0 Å². The van der Waals surface area contributed by atoms with Crippen molar-refractivity contribution >= 4 is 40.6 Å². The molecule has 2 aromatic carbocycles. The van der Waals surface area contributed by atoms with Gasteiger partial charge in [0, 0.05) is 49.2 Å². The summed E-state index contributed by atoms with van der Waals surface area (Å²) in [6.45, 7) is 1.99. The highest BCUT2D eigenvalue weighted by molar-refractivity contribution is 6.05. The van der Waals surface area contributed by atoms with E-state index < -0.39 is 0 Å². The molecule has 0 unspecified atom stereocenters. The zero-order chi connectivity index (χ0) is 32.0. The molecule has 3 amide bonds. The lowest BCUT2D eigenvalue weighted by molar-refractivity contribution is -0.117. The Bertz CT molecular complexity index is 1580. The molecular formula is C33H37N7O5. The van der Waals surface area contributed by atoms with Crippen molar-refractivity contribution in [1.82, 2.24) is 14.9 Å². The lowest BCUT2D eigenvalue weighted by Gasteiger charge is -2.11. The Kier molecular flexibility index (Phi) is 12.1. The number of carbonyl (C=O) groups excluding carboxylic acids is 3. The lowest BCUT2D eigenvalue weighted by Crippen LogP contribution is -2.21. The number of nitrogens with two attached hydrogens (primary N) is 1. The molecule has 0 atom stereocenters. The zero-order valence-electron chi connectivity index (χ0n) is 25.3. The van der Waals surface area contributed by atoms with Gasteiger partial charge in [-0.1, -0.05) is 18.2 Å². The van der Waals surface area contributed by atoms with Gasteiger partial charge in [-0.3, -0.25) is 19.4 Å². The monoisotopic (exact) mass is 611 g/mol. The average Bonchev–Trinajstić information content (AvgIpc) is 3.04. The maximum absolute atomic E-state index is 13.0. The molecule has 0 fully saturated rings. The van der Waals surface area contributed by atoms with E-state index in [4.69, 9.17) is 15.2 Å². The largest absolute Gasteiger partial charge is 0.379 e. The molecule has 2 aromatic heterocycles. The molecule has 45 heavy (non-hydrogen) atoms. The van der Waals surface area contributed by atoms with Gasteiger partial charge < -0.3 is 36.1 Å². The molecule has 0 aliphatic carbocycles. The van der Waals surface area contributed by atoms with Crippen LogP contribution in [0.4, 0.5) is 22.9 Å². The molecule has 4 rings (SSSR count). The van der Waals surface area contributed by atoms with Crippen molar-refractivity contribution in [2.24, 2.45) is 5.73 Å². The van der Waals surface area contributed by atoms with Gasteiger partial charge in [-0.15, -0.1) is 0 Å². The minimum Gasteiger partial charge on any atom is -0.379 e.